The van der Waals surface area contributed by atoms with Crippen molar-refractivity contribution in [3.05, 3.63) is 29.8 Å². The van der Waals surface area contributed by atoms with Crippen LogP contribution in [0.15, 0.2) is 24.3 Å². The molecule has 2 unspecified atom stereocenters. The van der Waals surface area contributed by atoms with E-state index in [9.17, 15) is 0 Å². The molecule has 1 aromatic rings. The van der Waals surface area contributed by atoms with Crippen molar-refractivity contribution >= 4 is 0 Å². The number of rotatable bonds is 5. The summed E-state index contributed by atoms with van der Waals surface area (Å²) in [6.07, 6.45) is 5.12. The fraction of sp³-hybridized carbons (Fsp3) is 0.647. The number of hydrazine groups is 1. The molecule has 1 aliphatic carbocycles. The van der Waals surface area contributed by atoms with Crippen molar-refractivity contribution in [3.8, 4) is 5.75 Å². The molecule has 3 N–H and O–H groups in total. The number of ether oxygens (including phenoxy) is 1. The Morgan fingerprint density at radius 3 is 2.75 bits per heavy atom. The Kier molecular flexibility index (Phi) is 5.06. The fourth-order valence-electron chi connectivity index (χ4n) is 3.59. The van der Waals surface area contributed by atoms with E-state index in [1.165, 1.54) is 31.2 Å². The molecule has 20 heavy (non-hydrogen) atoms. The standard InChI is InChI=1S/C17H28N2O/c1-4-20-15-11-6-5-9-13(15)16(19-18)14-10-7-8-12-17(14,2)3/h5-6,9,11,14,16,19H,4,7-8,10,12,18H2,1-3H3. The van der Waals surface area contributed by atoms with Crippen molar-refractivity contribution in [1.29, 1.82) is 0 Å². The normalized spacial score (nSPS) is 23.3. The highest BCUT2D eigenvalue weighted by Gasteiger charge is 2.38. The van der Waals surface area contributed by atoms with Crippen LogP contribution < -0.4 is 16.0 Å². The first-order valence-electron chi connectivity index (χ1n) is 7.78. The molecule has 1 saturated carbocycles. The molecule has 0 aliphatic heterocycles. The summed E-state index contributed by atoms with van der Waals surface area (Å²) in [5, 5.41) is 0. The second-order valence-electron chi connectivity index (χ2n) is 6.46. The number of benzene rings is 1. The van der Waals surface area contributed by atoms with Gasteiger partial charge in [-0.15, -0.1) is 0 Å². The van der Waals surface area contributed by atoms with Crippen LogP contribution in [0.25, 0.3) is 0 Å². The molecule has 3 nitrogen and oxygen atoms in total. The highest BCUT2D eigenvalue weighted by molar-refractivity contribution is 5.36. The minimum Gasteiger partial charge on any atom is -0.494 e. The number of para-hydroxylation sites is 1. The van der Waals surface area contributed by atoms with Gasteiger partial charge in [0.2, 0.25) is 0 Å². The minimum absolute atomic E-state index is 0.160. The van der Waals surface area contributed by atoms with Crippen LogP contribution in [0.4, 0.5) is 0 Å². The van der Waals surface area contributed by atoms with Crippen LogP contribution in [0.1, 0.15) is 58.1 Å². The van der Waals surface area contributed by atoms with Gasteiger partial charge < -0.3 is 4.74 Å². The van der Waals surface area contributed by atoms with Gasteiger partial charge >= 0.3 is 0 Å². The smallest absolute Gasteiger partial charge is 0.124 e. The molecular weight excluding hydrogens is 248 g/mol. The van der Waals surface area contributed by atoms with Gasteiger partial charge in [-0.1, -0.05) is 44.9 Å². The molecule has 2 rings (SSSR count). The monoisotopic (exact) mass is 276 g/mol. The highest BCUT2D eigenvalue weighted by atomic mass is 16.5. The summed E-state index contributed by atoms with van der Waals surface area (Å²) in [4.78, 5) is 0. The number of hydrogen-bond acceptors (Lipinski definition) is 3. The number of nitrogens with one attached hydrogen (secondary N) is 1. The molecule has 112 valence electrons. The number of hydrogen-bond donors (Lipinski definition) is 2. The van der Waals surface area contributed by atoms with Crippen molar-refractivity contribution in [2.45, 2.75) is 52.5 Å². The Morgan fingerprint density at radius 2 is 2.10 bits per heavy atom. The lowest BCUT2D eigenvalue weighted by Crippen LogP contribution is -2.41. The van der Waals surface area contributed by atoms with Gasteiger partial charge in [0, 0.05) is 5.56 Å². The van der Waals surface area contributed by atoms with Crippen LogP contribution in [-0.4, -0.2) is 6.61 Å². The van der Waals surface area contributed by atoms with Crippen molar-refractivity contribution in [2.75, 3.05) is 6.61 Å². The third-order valence-corrected chi connectivity index (χ3v) is 4.73. The highest BCUT2D eigenvalue weighted by Crippen LogP contribution is 2.47. The van der Waals surface area contributed by atoms with Crippen LogP contribution in [0, 0.1) is 11.3 Å². The summed E-state index contributed by atoms with van der Waals surface area (Å²) in [5.74, 6) is 7.42. The maximum absolute atomic E-state index is 5.92. The molecule has 1 fully saturated rings. The second-order valence-corrected chi connectivity index (χ2v) is 6.46. The third-order valence-electron chi connectivity index (χ3n) is 4.73. The predicted octanol–water partition coefficient (Wildman–Crippen LogP) is 3.81. The summed E-state index contributed by atoms with van der Waals surface area (Å²) in [5.41, 5.74) is 4.57. The van der Waals surface area contributed by atoms with Crippen molar-refractivity contribution in [2.24, 2.45) is 17.2 Å². The first-order chi connectivity index (χ1) is 9.60. The summed E-state index contributed by atoms with van der Waals surface area (Å²) in [6.45, 7) is 7.43. The predicted molar refractivity (Wildman–Crippen MR) is 83.4 cm³/mol. The van der Waals surface area contributed by atoms with Gasteiger partial charge in [0.05, 0.1) is 12.6 Å². The quantitative estimate of drug-likeness (QED) is 0.635. The van der Waals surface area contributed by atoms with Gasteiger partial charge in [0.1, 0.15) is 5.75 Å². The lowest BCUT2D eigenvalue weighted by Gasteiger charge is -2.43. The van der Waals surface area contributed by atoms with Crippen LogP contribution in [0.2, 0.25) is 0 Å². The molecule has 0 amide bonds. The maximum Gasteiger partial charge on any atom is 0.124 e. The molecule has 1 aliphatic rings. The molecule has 3 heteroatoms. The average Bonchev–Trinajstić information content (AvgIpc) is 2.43. The van der Waals surface area contributed by atoms with E-state index in [2.05, 4.69) is 31.4 Å². The molecule has 0 bridgehead atoms. The molecule has 0 heterocycles. The zero-order chi connectivity index (χ0) is 14.6. The topological polar surface area (TPSA) is 47.3 Å². The Labute approximate surface area is 122 Å². The third kappa shape index (κ3) is 3.15. The summed E-state index contributed by atoms with van der Waals surface area (Å²) in [6, 6.07) is 8.43. The van der Waals surface area contributed by atoms with Crippen molar-refractivity contribution < 1.29 is 4.74 Å². The van der Waals surface area contributed by atoms with E-state index in [4.69, 9.17) is 10.6 Å². The Hall–Kier alpha value is -1.06. The summed E-state index contributed by atoms with van der Waals surface area (Å²) in [7, 11) is 0. The van der Waals surface area contributed by atoms with Gasteiger partial charge in [-0.25, -0.2) is 0 Å². The van der Waals surface area contributed by atoms with Crippen molar-refractivity contribution in [3.63, 3.8) is 0 Å². The summed E-state index contributed by atoms with van der Waals surface area (Å²) >= 11 is 0. The van der Waals surface area contributed by atoms with Crippen LogP contribution in [0.5, 0.6) is 5.75 Å². The zero-order valence-corrected chi connectivity index (χ0v) is 13.0. The molecule has 1 aromatic carbocycles. The van der Waals surface area contributed by atoms with E-state index < -0.39 is 0 Å². The van der Waals surface area contributed by atoms with E-state index in [1.807, 2.05) is 19.1 Å². The van der Waals surface area contributed by atoms with Crippen LogP contribution in [0.3, 0.4) is 0 Å². The lowest BCUT2D eigenvalue weighted by atomic mass is 9.65. The van der Waals surface area contributed by atoms with E-state index in [-0.39, 0.29) is 6.04 Å². The van der Waals surface area contributed by atoms with E-state index in [0.717, 1.165) is 5.75 Å². The second kappa shape index (κ2) is 6.59. The van der Waals surface area contributed by atoms with Gasteiger partial charge in [-0.3, -0.25) is 11.3 Å². The molecule has 0 radical (unpaired) electrons. The molecular formula is C17H28N2O. The van der Waals surface area contributed by atoms with Gasteiger partial charge in [0.25, 0.3) is 0 Å². The summed E-state index contributed by atoms with van der Waals surface area (Å²) < 4.78 is 5.78. The van der Waals surface area contributed by atoms with Gasteiger partial charge in [-0.2, -0.15) is 0 Å². The van der Waals surface area contributed by atoms with Crippen LogP contribution >= 0.6 is 0 Å². The molecule has 0 aromatic heterocycles. The Balaban J connectivity index is 2.32. The fourth-order valence-corrected chi connectivity index (χ4v) is 3.59. The molecule has 0 saturated heterocycles. The Bertz CT molecular complexity index is 431. The first-order valence-corrected chi connectivity index (χ1v) is 7.78. The molecule has 2 atom stereocenters. The van der Waals surface area contributed by atoms with Crippen LogP contribution in [-0.2, 0) is 0 Å². The van der Waals surface area contributed by atoms with E-state index in [0.29, 0.717) is 17.9 Å². The average molecular weight is 276 g/mol. The lowest BCUT2D eigenvalue weighted by molar-refractivity contribution is 0.0969. The largest absolute Gasteiger partial charge is 0.494 e. The SMILES string of the molecule is CCOc1ccccc1C(NN)C1CCCCC1(C)C. The molecule has 0 spiro atoms. The minimum atomic E-state index is 0.160. The van der Waals surface area contributed by atoms with Gasteiger partial charge in [0.15, 0.2) is 0 Å². The first kappa shape index (κ1) is 15.3. The zero-order valence-electron chi connectivity index (χ0n) is 13.0. The van der Waals surface area contributed by atoms with Gasteiger partial charge in [-0.05, 0) is 37.2 Å². The van der Waals surface area contributed by atoms with Crippen molar-refractivity contribution in [1.82, 2.24) is 5.43 Å². The number of nitrogens with two attached hydrogens (primary N) is 1. The maximum atomic E-state index is 5.92. The van der Waals surface area contributed by atoms with E-state index >= 15 is 0 Å². The Morgan fingerprint density at radius 1 is 1.35 bits per heavy atom. The van der Waals surface area contributed by atoms with E-state index in [1.54, 1.807) is 0 Å².